The molecule has 0 aliphatic rings. The van der Waals surface area contributed by atoms with Crippen LogP contribution in [0.1, 0.15) is 12.5 Å². The Bertz CT molecular complexity index is 1010. The third kappa shape index (κ3) is 4.15. The van der Waals surface area contributed by atoms with Crippen molar-refractivity contribution in [2.45, 2.75) is 13.5 Å². The van der Waals surface area contributed by atoms with Crippen molar-refractivity contribution in [1.82, 2.24) is 20.3 Å². The van der Waals surface area contributed by atoms with Crippen molar-refractivity contribution in [3.05, 3.63) is 72.3 Å². The lowest BCUT2D eigenvalue weighted by molar-refractivity contribution is 0.340. The van der Waals surface area contributed by atoms with E-state index in [9.17, 15) is 0 Å². The lowest BCUT2D eigenvalue weighted by atomic mass is 10.2. The Morgan fingerprint density at radius 2 is 1.75 bits per heavy atom. The van der Waals surface area contributed by atoms with Crippen LogP contribution in [0.5, 0.6) is 5.75 Å². The van der Waals surface area contributed by atoms with Crippen LogP contribution in [-0.4, -0.2) is 26.9 Å². The Morgan fingerprint density at radius 3 is 2.46 bits per heavy atom. The first-order chi connectivity index (χ1) is 13.8. The molecular weight excluding hydrogens is 354 g/mol. The van der Waals surface area contributed by atoms with E-state index in [1.807, 2.05) is 67.6 Å². The van der Waals surface area contributed by atoms with Gasteiger partial charge in [-0.3, -0.25) is 0 Å². The van der Waals surface area contributed by atoms with E-state index < -0.39 is 0 Å². The van der Waals surface area contributed by atoms with Crippen LogP contribution in [0.2, 0.25) is 0 Å². The molecule has 0 unspecified atom stereocenters. The predicted octanol–water partition coefficient (Wildman–Crippen LogP) is 4.20. The number of hydrogen-bond acceptors (Lipinski definition) is 7. The summed E-state index contributed by atoms with van der Waals surface area (Å²) >= 11 is 0. The van der Waals surface area contributed by atoms with E-state index >= 15 is 0 Å². The first-order valence-corrected chi connectivity index (χ1v) is 9.00. The molecule has 0 radical (unpaired) electrons. The van der Waals surface area contributed by atoms with Crippen LogP contribution in [-0.2, 0) is 6.54 Å². The van der Waals surface area contributed by atoms with Gasteiger partial charge in [-0.1, -0.05) is 47.6 Å². The fraction of sp³-hybridized carbons (Fsp3) is 0.143. The summed E-state index contributed by atoms with van der Waals surface area (Å²) < 4.78 is 10.8. The number of hydrogen-bond donors (Lipinski definition) is 1. The van der Waals surface area contributed by atoms with E-state index in [1.165, 1.54) is 0 Å². The molecule has 2 aromatic carbocycles. The Labute approximate surface area is 162 Å². The maximum Gasteiger partial charge on any atom is 0.278 e. The molecule has 7 nitrogen and oxygen atoms in total. The molecular formula is C21H19N5O2. The van der Waals surface area contributed by atoms with Gasteiger partial charge in [0.1, 0.15) is 11.6 Å². The van der Waals surface area contributed by atoms with Crippen molar-refractivity contribution < 1.29 is 9.26 Å². The van der Waals surface area contributed by atoms with Crippen molar-refractivity contribution in [2.75, 3.05) is 11.9 Å². The largest absolute Gasteiger partial charge is 0.494 e. The average molecular weight is 373 g/mol. The molecule has 0 bridgehead atoms. The number of rotatable bonds is 7. The van der Waals surface area contributed by atoms with Crippen LogP contribution < -0.4 is 10.1 Å². The molecule has 2 heterocycles. The van der Waals surface area contributed by atoms with Gasteiger partial charge in [-0.2, -0.15) is 4.98 Å². The number of benzene rings is 2. The van der Waals surface area contributed by atoms with Crippen LogP contribution >= 0.6 is 0 Å². The molecule has 1 N–H and O–H groups in total. The van der Waals surface area contributed by atoms with Gasteiger partial charge in [0, 0.05) is 12.1 Å². The smallest absolute Gasteiger partial charge is 0.278 e. The Hall–Kier alpha value is -3.74. The lowest BCUT2D eigenvalue weighted by Crippen LogP contribution is -2.02. The molecule has 28 heavy (non-hydrogen) atoms. The molecule has 0 saturated carbocycles. The highest BCUT2D eigenvalue weighted by Crippen LogP contribution is 2.21. The van der Waals surface area contributed by atoms with Gasteiger partial charge in [0.2, 0.25) is 5.82 Å². The molecule has 0 atom stereocenters. The standard InChI is InChI=1S/C21H19N5O2/c1-2-27-17-10-8-15(9-11-17)14-22-19-13-12-18(24-25-19)21-23-20(26-28-21)16-6-4-3-5-7-16/h3-13H,2,14H2,1H3,(H,22,25). The molecule has 0 spiro atoms. The van der Waals surface area contributed by atoms with Crippen LogP contribution in [0.3, 0.4) is 0 Å². The van der Waals surface area contributed by atoms with E-state index in [0.717, 1.165) is 16.9 Å². The van der Waals surface area contributed by atoms with E-state index in [1.54, 1.807) is 6.07 Å². The van der Waals surface area contributed by atoms with Gasteiger partial charge < -0.3 is 14.6 Å². The van der Waals surface area contributed by atoms with E-state index in [0.29, 0.717) is 36.4 Å². The van der Waals surface area contributed by atoms with Gasteiger partial charge in [-0.05, 0) is 36.8 Å². The monoisotopic (exact) mass is 373 g/mol. The van der Waals surface area contributed by atoms with Crippen LogP contribution in [0, 0.1) is 0 Å². The Balaban J connectivity index is 1.39. The zero-order valence-corrected chi connectivity index (χ0v) is 15.4. The highest BCUT2D eigenvalue weighted by Gasteiger charge is 2.12. The number of anilines is 1. The third-order valence-corrected chi connectivity index (χ3v) is 4.05. The first kappa shape index (κ1) is 17.7. The van der Waals surface area contributed by atoms with Gasteiger partial charge in [0.15, 0.2) is 5.69 Å². The summed E-state index contributed by atoms with van der Waals surface area (Å²) in [4.78, 5) is 4.38. The average Bonchev–Trinajstić information content (AvgIpc) is 3.25. The molecule has 4 rings (SSSR count). The van der Waals surface area contributed by atoms with E-state index in [-0.39, 0.29) is 0 Å². The minimum Gasteiger partial charge on any atom is -0.494 e. The van der Waals surface area contributed by atoms with Gasteiger partial charge in [-0.15, -0.1) is 10.2 Å². The van der Waals surface area contributed by atoms with Crippen molar-refractivity contribution >= 4 is 5.82 Å². The van der Waals surface area contributed by atoms with Crippen LogP contribution in [0.25, 0.3) is 23.0 Å². The van der Waals surface area contributed by atoms with Crippen molar-refractivity contribution in [2.24, 2.45) is 0 Å². The highest BCUT2D eigenvalue weighted by atomic mass is 16.5. The first-order valence-electron chi connectivity index (χ1n) is 9.00. The molecule has 0 amide bonds. The predicted molar refractivity (Wildman–Crippen MR) is 106 cm³/mol. The summed E-state index contributed by atoms with van der Waals surface area (Å²) in [6.45, 7) is 3.26. The molecule has 0 fully saturated rings. The van der Waals surface area contributed by atoms with Crippen molar-refractivity contribution in [3.63, 3.8) is 0 Å². The Morgan fingerprint density at radius 1 is 0.929 bits per heavy atom. The summed E-state index contributed by atoms with van der Waals surface area (Å²) in [5.74, 6) is 2.39. The highest BCUT2D eigenvalue weighted by molar-refractivity contribution is 5.57. The molecule has 0 aliphatic carbocycles. The van der Waals surface area contributed by atoms with Gasteiger partial charge in [0.25, 0.3) is 5.89 Å². The normalized spacial score (nSPS) is 10.6. The van der Waals surface area contributed by atoms with E-state index in [4.69, 9.17) is 9.26 Å². The number of nitrogens with zero attached hydrogens (tertiary/aromatic N) is 4. The summed E-state index contributed by atoms with van der Waals surface area (Å²) in [6, 6.07) is 21.2. The maximum atomic E-state index is 5.45. The summed E-state index contributed by atoms with van der Waals surface area (Å²) in [5, 5.41) is 15.6. The summed E-state index contributed by atoms with van der Waals surface area (Å²) in [7, 11) is 0. The lowest BCUT2D eigenvalue weighted by Gasteiger charge is -2.07. The fourth-order valence-corrected chi connectivity index (χ4v) is 2.64. The maximum absolute atomic E-state index is 5.45. The molecule has 7 heteroatoms. The summed E-state index contributed by atoms with van der Waals surface area (Å²) in [6.07, 6.45) is 0. The van der Waals surface area contributed by atoms with Gasteiger partial charge in [0.05, 0.1) is 6.61 Å². The van der Waals surface area contributed by atoms with Crippen LogP contribution in [0.15, 0.2) is 71.3 Å². The second kappa shape index (κ2) is 8.30. The number of aromatic nitrogens is 4. The summed E-state index contributed by atoms with van der Waals surface area (Å²) in [5.41, 5.74) is 2.54. The van der Waals surface area contributed by atoms with Crippen LogP contribution in [0.4, 0.5) is 5.82 Å². The second-order valence-electron chi connectivity index (χ2n) is 6.02. The molecule has 4 aromatic rings. The number of nitrogens with one attached hydrogen (secondary N) is 1. The number of ether oxygens (including phenoxy) is 1. The molecule has 0 saturated heterocycles. The third-order valence-electron chi connectivity index (χ3n) is 4.05. The van der Waals surface area contributed by atoms with E-state index in [2.05, 4.69) is 25.7 Å². The van der Waals surface area contributed by atoms with Crippen molar-refractivity contribution in [3.8, 4) is 28.7 Å². The SMILES string of the molecule is CCOc1ccc(CNc2ccc(-c3nc(-c4ccccc4)no3)nn2)cc1. The molecule has 2 aromatic heterocycles. The molecule has 140 valence electrons. The Kier molecular flexibility index (Phi) is 5.24. The zero-order valence-electron chi connectivity index (χ0n) is 15.4. The van der Waals surface area contributed by atoms with Crippen molar-refractivity contribution in [1.29, 1.82) is 0 Å². The topological polar surface area (TPSA) is 86.0 Å². The fourth-order valence-electron chi connectivity index (χ4n) is 2.64. The molecule has 0 aliphatic heterocycles. The van der Waals surface area contributed by atoms with Gasteiger partial charge >= 0.3 is 0 Å². The zero-order chi connectivity index (χ0) is 19.2. The minimum absolute atomic E-state index is 0.337. The minimum atomic E-state index is 0.337. The van der Waals surface area contributed by atoms with Gasteiger partial charge in [-0.25, -0.2) is 0 Å². The second-order valence-corrected chi connectivity index (χ2v) is 6.02. The quantitative estimate of drug-likeness (QED) is 0.519.